The first-order chi connectivity index (χ1) is 8.27. The highest BCUT2D eigenvalue weighted by Crippen LogP contribution is 2.37. The molecule has 3 heteroatoms. The molecule has 3 rings (SSSR count). The van der Waals surface area contributed by atoms with Gasteiger partial charge in [-0.2, -0.15) is 0 Å². The molecule has 0 saturated carbocycles. The molecule has 2 nitrogen and oxygen atoms in total. The van der Waals surface area contributed by atoms with Crippen LogP contribution in [0.4, 0.5) is 11.4 Å². The maximum Gasteiger partial charge on any atom is 0.0605 e. The van der Waals surface area contributed by atoms with Gasteiger partial charge in [-0.1, -0.05) is 12.1 Å². The lowest BCUT2D eigenvalue weighted by molar-refractivity contribution is 0.634. The van der Waals surface area contributed by atoms with Gasteiger partial charge in [0, 0.05) is 11.4 Å². The van der Waals surface area contributed by atoms with Crippen LogP contribution in [0.5, 0.6) is 0 Å². The molecule has 0 saturated heterocycles. The van der Waals surface area contributed by atoms with Crippen LogP contribution in [0.2, 0.25) is 0 Å². The molecule has 0 amide bonds. The van der Waals surface area contributed by atoms with E-state index in [9.17, 15) is 0 Å². The summed E-state index contributed by atoms with van der Waals surface area (Å²) >= 11 is 1.87. The smallest absolute Gasteiger partial charge is 0.0605 e. The summed E-state index contributed by atoms with van der Waals surface area (Å²) < 4.78 is 0. The zero-order chi connectivity index (χ0) is 11.8. The second kappa shape index (κ2) is 4.08. The van der Waals surface area contributed by atoms with Gasteiger partial charge in [0.2, 0.25) is 0 Å². The summed E-state index contributed by atoms with van der Waals surface area (Å²) in [7, 11) is 0. The van der Waals surface area contributed by atoms with Crippen molar-refractivity contribution in [2.24, 2.45) is 0 Å². The largest absolute Gasteiger partial charge is 0.397 e. The molecule has 88 valence electrons. The van der Waals surface area contributed by atoms with Gasteiger partial charge in [0.05, 0.1) is 17.4 Å². The summed E-state index contributed by atoms with van der Waals surface area (Å²) in [5.41, 5.74) is 9.57. The lowest BCUT2D eigenvalue weighted by Gasteiger charge is -2.36. The maximum absolute atomic E-state index is 6.07. The number of anilines is 2. The minimum atomic E-state index is 0.426. The average Bonchev–Trinajstić information content (AvgIpc) is 2.80. The van der Waals surface area contributed by atoms with E-state index in [1.54, 1.807) is 0 Å². The van der Waals surface area contributed by atoms with Crippen LogP contribution in [-0.4, -0.2) is 6.54 Å². The first-order valence-electron chi connectivity index (χ1n) is 5.95. The van der Waals surface area contributed by atoms with Gasteiger partial charge >= 0.3 is 0 Å². The number of nitrogens with zero attached hydrogens (tertiary/aromatic N) is 1. The van der Waals surface area contributed by atoms with Crippen molar-refractivity contribution in [2.75, 3.05) is 17.2 Å². The Balaban J connectivity index is 2.00. The van der Waals surface area contributed by atoms with Crippen LogP contribution in [0.1, 0.15) is 23.4 Å². The SMILES string of the molecule is CC1c2ccsc2CCN1c1ccccc1N. The Morgan fingerprint density at radius 3 is 2.94 bits per heavy atom. The van der Waals surface area contributed by atoms with E-state index in [1.165, 1.54) is 10.4 Å². The van der Waals surface area contributed by atoms with Gasteiger partial charge in [0.1, 0.15) is 0 Å². The van der Waals surface area contributed by atoms with Crippen LogP contribution in [-0.2, 0) is 6.42 Å². The van der Waals surface area contributed by atoms with Crippen LogP contribution in [0, 0.1) is 0 Å². The molecular formula is C14H16N2S. The fourth-order valence-corrected chi connectivity index (χ4v) is 3.55. The number of hydrogen-bond donors (Lipinski definition) is 1. The molecule has 0 aliphatic carbocycles. The van der Waals surface area contributed by atoms with Crippen molar-refractivity contribution < 1.29 is 0 Å². The van der Waals surface area contributed by atoms with Gasteiger partial charge in [-0.3, -0.25) is 0 Å². The standard InChI is InChI=1S/C14H16N2S/c1-10-11-7-9-17-14(11)6-8-16(10)13-5-3-2-4-12(13)15/h2-5,7,9-10H,6,8,15H2,1H3. The number of fused-ring (bicyclic) bond motifs is 1. The van der Waals surface area contributed by atoms with Crippen molar-refractivity contribution in [3.8, 4) is 0 Å². The lowest BCUT2D eigenvalue weighted by Crippen LogP contribution is -2.33. The van der Waals surface area contributed by atoms with E-state index in [2.05, 4.69) is 35.4 Å². The molecule has 2 N–H and O–H groups in total. The number of rotatable bonds is 1. The van der Waals surface area contributed by atoms with Crippen molar-refractivity contribution in [1.82, 2.24) is 0 Å². The van der Waals surface area contributed by atoms with E-state index in [1.807, 2.05) is 23.5 Å². The maximum atomic E-state index is 6.07. The monoisotopic (exact) mass is 244 g/mol. The first-order valence-corrected chi connectivity index (χ1v) is 6.83. The van der Waals surface area contributed by atoms with Crippen molar-refractivity contribution in [1.29, 1.82) is 0 Å². The molecule has 2 heterocycles. The summed E-state index contributed by atoms with van der Waals surface area (Å²) in [4.78, 5) is 3.94. The fourth-order valence-electron chi connectivity index (χ4n) is 2.59. The zero-order valence-electron chi connectivity index (χ0n) is 9.89. The molecule has 2 aromatic rings. The minimum absolute atomic E-state index is 0.426. The van der Waals surface area contributed by atoms with E-state index >= 15 is 0 Å². The van der Waals surface area contributed by atoms with Gasteiger partial charge in [0.15, 0.2) is 0 Å². The highest BCUT2D eigenvalue weighted by atomic mass is 32.1. The average molecular weight is 244 g/mol. The molecule has 0 spiro atoms. The molecule has 1 aromatic heterocycles. The van der Waals surface area contributed by atoms with E-state index in [4.69, 9.17) is 5.73 Å². The summed E-state index contributed by atoms with van der Waals surface area (Å²) in [5.74, 6) is 0. The zero-order valence-corrected chi connectivity index (χ0v) is 10.7. The number of nitrogens with two attached hydrogens (primary N) is 1. The van der Waals surface area contributed by atoms with Gasteiger partial charge in [-0.25, -0.2) is 0 Å². The predicted molar refractivity (Wildman–Crippen MR) is 74.6 cm³/mol. The third-order valence-electron chi connectivity index (χ3n) is 3.52. The number of para-hydroxylation sites is 2. The Labute approximate surface area is 106 Å². The topological polar surface area (TPSA) is 29.3 Å². The molecule has 0 bridgehead atoms. The number of nitrogen functional groups attached to an aromatic ring is 1. The van der Waals surface area contributed by atoms with Crippen molar-refractivity contribution >= 4 is 22.7 Å². The Hall–Kier alpha value is -1.48. The van der Waals surface area contributed by atoms with Crippen LogP contribution in [0.3, 0.4) is 0 Å². The predicted octanol–water partition coefficient (Wildman–Crippen LogP) is 3.45. The van der Waals surface area contributed by atoms with Crippen LogP contribution >= 0.6 is 11.3 Å². The first kappa shape index (κ1) is 10.7. The molecule has 17 heavy (non-hydrogen) atoms. The molecule has 0 radical (unpaired) electrons. The number of hydrogen-bond acceptors (Lipinski definition) is 3. The van der Waals surface area contributed by atoms with E-state index in [-0.39, 0.29) is 0 Å². The Morgan fingerprint density at radius 1 is 1.29 bits per heavy atom. The van der Waals surface area contributed by atoms with Gasteiger partial charge in [0.25, 0.3) is 0 Å². The molecule has 1 aliphatic rings. The fraction of sp³-hybridized carbons (Fsp3) is 0.286. The molecule has 1 aliphatic heterocycles. The van der Waals surface area contributed by atoms with E-state index < -0.39 is 0 Å². The summed E-state index contributed by atoms with van der Waals surface area (Å²) in [6.45, 7) is 3.32. The molecule has 0 fully saturated rings. The summed E-state index contributed by atoms with van der Waals surface area (Å²) in [6, 6.07) is 10.8. The van der Waals surface area contributed by atoms with Gasteiger partial charge in [-0.15, -0.1) is 11.3 Å². The molecule has 1 unspecified atom stereocenters. The highest BCUT2D eigenvalue weighted by Gasteiger charge is 2.25. The Morgan fingerprint density at radius 2 is 2.12 bits per heavy atom. The molecular weight excluding hydrogens is 228 g/mol. The van der Waals surface area contributed by atoms with Crippen molar-refractivity contribution in [3.05, 3.63) is 46.2 Å². The lowest BCUT2D eigenvalue weighted by atomic mass is 10.0. The second-order valence-electron chi connectivity index (χ2n) is 4.48. The second-order valence-corrected chi connectivity index (χ2v) is 5.48. The number of benzene rings is 1. The Kier molecular flexibility index (Phi) is 2.56. The molecule has 1 aromatic carbocycles. The summed E-state index contributed by atoms with van der Waals surface area (Å²) in [6.07, 6.45) is 1.13. The van der Waals surface area contributed by atoms with Crippen LogP contribution in [0.15, 0.2) is 35.7 Å². The Bertz CT molecular complexity index is 533. The quantitative estimate of drug-likeness (QED) is 0.778. The molecule has 1 atom stereocenters. The van der Waals surface area contributed by atoms with Crippen molar-refractivity contribution in [2.45, 2.75) is 19.4 Å². The summed E-state index contributed by atoms with van der Waals surface area (Å²) in [5, 5.41) is 2.19. The van der Waals surface area contributed by atoms with Gasteiger partial charge in [-0.05, 0) is 42.5 Å². The van der Waals surface area contributed by atoms with E-state index in [0.29, 0.717) is 6.04 Å². The third kappa shape index (κ3) is 1.71. The van der Waals surface area contributed by atoms with Crippen LogP contribution in [0.25, 0.3) is 0 Å². The highest BCUT2D eigenvalue weighted by molar-refractivity contribution is 7.10. The number of thiophene rings is 1. The van der Waals surface area contributed by atoms with Gasteiger partial charge < -0.3 is 10.6 Å². The van der Waals surface area contributed by atoms with E-state index in [0.717, 1.165) is 24.3 Å². The third-order valence-corrected chi connectivity index (χ3v) is 4.52. The minimum Gasteiger partial charge on any atom is -0.397 e. The van der Waals surface area contributed by atoms with Crippen LogP contribution < -0.4 is 10.6 Å². The normalized spacial score (nSPS) is 19.1. The van der Waals surface area contributed by atoms with Crippen molar-refractivity contribution in [3.63, 3.8) is 0 Å².